The molecule has 0 N–H and O–H groups in total. The SMILES string of the molecule is Cc1nccn1CCN1CC2COc3ccccc3N2C1=O.Cl. The van der Waals surface area contributed by atoms with Gasteiger partial charge in [0.05, 0.1) is 11.7 Å². The fraction of sp³-hybridized carbons (Fsp3) is 0.375. The second-order valence-corrected chi connectivity index (χ2v) is 5.70. The molecule has 122 valence electrons. The number of urea groups is 1. The number of aryl methyl sites for hydroxylation is 1. The summed E-state index contributed by atoms with van der Waals surface area (Å²) in [6.45, 7) is 4.69. The molecule has 4 rings (SSSR count). The van der Waals surface area contributed by atoms with E-state index in [-0.39, 0.29) is 24.5 Å². The van der Waals surface area contributed by atoms with Crippen molar-refractivity contribution < 1.29 is 9.53 Å². The number of fused-ring (bicyclic) bond motifs is 3. The van der Waals surface area contributed by atoms with Gasteiger partial charge in [0.25, 0.3) is 0 Å². The Balaban J connectivity index is 0.00000156. The normalized spacial score (nSPS) is 19.0. The maximum atomic E-state index is 12.7. The van der Waals surface area contributed by atoms with Gasteiger partial charge in [-0.3, -0.25) is 4.90 Å². The van der Waals surface area contributed by atoms with Crippen molar-refractivity contribution >= 4 is 24.1 Å². The van der Waals surface area contributed by atoms with Crippen LogP contribution in [0.15, 0.2) is 36.7 Å². The second kappa shape index (κ2) is 6.12. The van der Waals surface area contributed by atoms with Crippen molar-refractivity contribution in [2.45, 2.75) is 19.5 Å². The number of hydrogen-bond donors (Lipinski definition) is 0. The minimum absolute atomic E-state index is 0. The number of carbonyl (C=O) groups excluding carboxylic acids is 1. The molecule has 3 heterocycles. The highest BCUT2D eigenvalue weighted by Crippen LogP contribution is 2.36. The number of halogens is 1. The third-order valence-electron chi connectivity index (χ3n) is 4.36. The highest BCUT2D eigenvalue weighted by molar-refractivity contribution is 5.97. The Morgan fingerprint density at radius 1 is 1.30 bits per heavy atom. The first-order valence-electron chi connectivity index (χ1n) is 7.52. The van der Waals surface area contributed by atoms with Gasteiger partial charge >= 0.3 is 6.03 Å². The summed E-state index contributed by atoms with van der Waals surface area (Å²) in [5.74, 6) is 1.76. The molecular formula is C16H19ClN4O2. The van der Waals surface area contributed by atoms with Crippen LogP contribution in [-0.4, -0.2) is 46.2 Å². The van der Waals surface area contributed by atoms with Gasteiger partial charge in [-0.05, 0) is 19.1 Å². The largest absolute Gasteiger partial charge is 0.489 e. The van der Waals surface area contributed by atoms with E-state index in [0.29, 0.717) is 19.7 Å². The molecule has 1 fully saturated rings. The van der Waals surface area contributed by atoms with Crippen LogP contribution in [0.1, 0.15) is 5.82 Å². The molecule has 2 amide bonds. The van der Waals surface area contributed by atoms with Crippen LogP contribution < -0.4 is 9.64 Å². The Bertz CT molecular complexity index is 718. The van der Waals surface area contributed by atoms with Gasteiger partial charge in [0.15, 0.2) is 0 Å². The van der Waals surface area contributed by atoms with Crippen LogP contribution in [0.3, 0.4) is 0 Å². The van der Waals surface area contributed by atoms with Crippen molar-refractivity contribution in [3.63, 3.8) is 0 Å². The zero-order valence-electron chi connectivity index (χ0n) is 12.9. The molecule has 2 aliphatic heterocycles. The molecule has 1 atom stereocenters. The molecule has 0 bridgehead atoms. The molecule has 1 aromatic heterocycles. The smallest absolute Gasteiger partial charge is 0.325 e. The van der Waals surface area contributed by atoms with E-state index in [0.717, 1.165) is 23.8 Å². The van der Waals surface area contributed by atoms with E-state index in [1.807, 2.05) is 47.2 Å². The van der Waals surface area contributed by atoms with Crippen molar-refractivity contribution in [3.05, 3.63) is 42.5 Å². The number of ether oxygens (including phenoxy) is 1. The zero-order chi connectivity index (χ0) is 15.1. The standard InChI is InChI=1S/C16H18N4O2.ClH/c1-12-17-6-7-18(12)8-9-19-10-13-11-22-15-5-3-2-4-14(15)20(13)16(19)21;/h2-7,13H,8-11H2,1H3;1H. The average molecular weight is 335 g/mol. The van der Waals surface area contributed by atoms with Crippen molar-refractivity contribution in [3.8, 4) is 5.75 Å². The number of para-hydroxylation sites is 2. The maximum absolute atomic E-state index is 12.7. The van der Waals surface area contributed by atoms with Gasteiger partial charge in [0, 0.05) is 32.0 Å². The Hall–Kier alpha value is -2.21. The Labute approximate surface area is 141 Å². The van der Waals surface area contributed by atoms with Crippen molar-refractivity contribution in [2.24, 2.45) is 0 Å². The first kappa shape index (κ1) is 15.7. The summed E-state index contributed by atoms with van der Waals surface area (Å²) >= 11 is 0. The van der Waals surface area contributed by atoms with E-state index < -0.39 is 0 Å². The number of anilines is 1. The van der Waals surface area contributed by atoms with Crippen LogP contribution in [0, 0.1) is 6.92 Å². The Morgan fingerprint density at radius 2 is 2.13 bits per heavy atom. The lowest BCUT2D eigenvalue weighted by molar-refractivity contribution is 0.218. The highest BCUT2D eigenvalue weighted by Gasteiger charge is 2.41. The van der Waals surface area contributed by atoms with Crippen LogP contribution in [0.5, 0.6) is 5.75 Å². The molecule has 0 radical (unpaired) electrons. The average Bonchev–Trinajstić information content (AvgIpc) is 3.09. The zero-order valence-corrected chi connectivity index (χ0v) is 13.7. The topological polar surface area (TPSA) is 50.6 Å². The number of benzene rings is 1. The fourth-order valence-electron chi connectivity index (χ4n) is 3.17. The lowest BCUT2D eigenvalue weighted by Crippen LogP contribution is -2.41. The number of amides is 2. The first-order chi connectivity index (χ1) is 10.7. The van der Waals surface area contributed by atoms with Crippen LogP contribution in [0.25, 0.3) is 0 Å². The number of carbonyl (C=O) groups is 1. The Morgan fingerprint density at radius 3 is 2.91 bits per heavy atom. The predicted octanol–water partition coefficient (Wildman–Crippen LogP) is 2.32. The third kappa shape index (κ3) is 2.63. The summed E-state index contributed by atoms with van der Waals surface area (Å²) in [6.07, 6.45) is 3.73. The number of aromatic nitrogens is 2. The Kier molecular flexibility index (Phi) is 4.17. The van der Waals surface area contributed by atoms with Gasteiger partial charge in [0.2, 0.25) is 0 Å². The van der Waals surface area contributed by atoms with Gasteiger partial charge in [-0.1, -0.05) is 12.1 Å². The number of hydrogen-bond acceptors (Lipinski definition) is 3. The van der Waals surface area contributed by atoms with E-state index >= 15 is 0 Å². The summed E-state index contributed by atoms with van der Waals surface area (Å²) in [5.41, 5.74) is 0.880. The van der Waals surface area contributed by atoms with Crippen LogP contribution >= 0.6 is 12.4 Å². The van der Waals surface area contributed by atoms with E-state index in [4.69, 9.17) is 4.74 Å². The molecule has 0 aliphatic carbocycles. The van der Waals surface area contributed by atoms with Crippen molar-refractivity contribution in [1.82, 2.24) is 14.5 Å². The molecule has 1 saturated heterocycles. The van der Waals surface area contributed by atoms with E-state index in [2.05, 4.69) is 9.55 Å². The molecule has 0 saturated carbocycles. The van der Waals surface area contributed by atoms with E-state index in [1.165, 1.54) is 0 Å². The van der Waals surface area contributed by atoms with Gasteiger partial charge in [-0.15, -0.1) is 12.4 Å². The van der Waals surface area contributed by atoms with Gasteiger partial charge in [-0.25, -0.2) is 9.78 Å². The second-order valence-electron chi connectivity index (χ2n) is 5.70. The minimum atomic E-state index is 0. The quantitative estimate of drug-likeness (QED) is 0.865. The van der Waals surface area contributed by atoms with Gasteiger partial charge in [0.1, 0.15) is 18.2 Å². The fourth-order valence-corrected chi connectivity index (χ4v) is 3.17. The van der Waals surface area contributed by atoms with Gasteiger partial charge in [-0.2, -0.15) is 0 Å². The minimum Gasteiger partial charge on any atom is -0.489 e. The molecule has 1 aromatic carbocycles. The molecule has 2 aliphatic rings. The molecule has 23 heavy (non-hydrogen) atoms. The van der Waals surface area contributed by atoms with E-state index in [9.17, 15) is 4.79 Å². The lowest BCUT2D eigenvalue weighted by atomic mass is 10.2. The third-order valence-corrected chi connectivity index (χ3v) is 4.36. The molecule has 0 spiro atoms. The van der Waals surface area contributed by atoms with Gasteiger partial charge < -0.3 is 14.2 Å². The maximum Gasteiger partial charge on any atom is 0.325 e. The lowest BCUT2D eigenvalue weighted by Gasteiger charge is -2.30. The summed E-state index contributed by atoms with van der Waals surface area (Å²) in [6, 6.07) is 7.90. The molecule has 6 nitrogen and oxygen atoms in total. The predicted molar refractivity (Wildman–Crippen MR) is 89.4 cm³/mol. The number of rotatable bonds is 3. The molecule has 1 unspecified atom stereocenters. The highest BCUT2D eigenvalue weighted by atomic mass is 35.5. The summed E-state index contributed by atoms with van der Waals surface area (Å²) < 4.78 is 7.83. The van der Waals surface area contributed by atoms with Crippen molar-refractivity contribution in [1.29, 1.82) is 0 Å². The number of nitrogens with zero attached hydrogens (tertiary/aromatic N) is 4. The summed E-state index contributed by atoms with van der Waals surface area (Å²) in [4.78, 5) is 20.7. The van der Waals surface area contributed by atoms with Crippen molar-refractivity contribution in [2.75, 3.05) is 24.6 Å². The van der Waals surface area contributed by atoms with Crippen LogP contribution in [0.2, 0.25) is 0 Å². The molecule has 2 aromatic rings. The summed E-state index contributed by atoms with van der Waals surface area (Å²) in [5, 5.41) is 0. The molecule has 7 heteroatoms. The van der Waals surface area contributed by atoms with Crippen LogP contribution in [-0.2, 0) is 6.54 Å². The monoisotopic (exact) mass is 334 g/mol. The first-order valence-corrected chi connectivity index (χ1v) is 7.52. The molecular weight excluding hydrogens is 316 g/mol. The number of imidazole rings is 1. The van der Waals surface area contributed by atoms with Crippen LogP contribution in [0.4, 0.5) is 10.5 Å². The summed E-state index contributed by atoms with van der Waals surface area (Å²) in [7, 11) is 0. The van der Waals surface area contributed by atoms with E-state index in [1.54, 1.807) is 6.20 Å².